The van der Waals surface area contributed by atoms with Crippen molar-refractivity contribution in [2.24, 2.45) is 11.8 Å². The Morgan fingerprint density at radius 2 is 1.81 bits per heavy atom. The molecule has 0 aromatic carbocycles. The van der Waals surface area contributed by atoms with Gasteiger partial charge in [-0.2, -0.15) is 0 Å². The van der Waals surface area contributed by atoms with Crippen LogP contribution >= 0.6 is 0 Å². The zero-order valence-electron chi connectivity index (χ0n) is 10.0. The maximum absolute atomic E-state index is 11.3. The molecule has 0 aromatic heterocycles. The molecule has 0 heterocycles. The Bertz CT molecular complexity index is 270. The van der Waals surface area contributed by atoms with Crippen molar-refractivity contribution in [2.75, 3.05) is 0 Å². The van der Waals surface area contributed by atoms with E-state index in [-0.39, 0.29) is 18.1 Å². The van der Waals surface area contributed by atoms with E-state index in [4.69, 9.17) is 5.11 Å². The topological polar surface area (TPSA) is 74.6 Å². The third-order valence-corrected chi connectivity index (χ3v) is 2.50. The van der Waals surface area contributed by atoms with Crippen LogP contribution in [-0.4, -0.2) is 28.1 Å². The minimum atomic E-state index is -0.871. The molecular weight excluding hydrogens is 208 g/mol. The van der Waals surface area contributed by atoms with Gasteiger partial charge in [0, 0.05) is 12.3 Å². The molecule has 0 aromatic rings. The Morgan fingerprint density at radius 1 is 1.25 bits per heavy atom. The van der Waals surface area contributed by atoms with Gasteiger partial charge in [0.25, 0.3) is 0 Å². The van der Waals surface area contributed by atoms with E-state index in [1.54, 1.807) is 26.8 Å². The lowest BCUT2D eigenvalue weighted by molar-refractivity contribution is -0.137. The molecule has 0 bridgehead atoms. The molecule has 0 aliphatic carbocycles. The Hall–Kier alpha value is -1.16. The standard InChI is InChI=1S/C12H20O4/c1-4-10(13)9(3)11(14)6-5-8(2)7-12(15)16/h5-6,8-9,11,14H,4,7H2,1-3H3,(H,15,16). The van der Waals surface area contributed by atoms with Crippen LogP contribution in [0.1, 0.15) is 33.6 Å². The van der Waals surface area contributed by atoms with Gasteiger partial charge in [0.15, 0.2) is 0 Å². The fourth-order valence-electron chi connectivity index (χ4n) is 1.33. The first-order chi connectivity index (χ1) is 7.38. The minimum Gasteiger partial charge on any atom is -0.481 e. The number of allylic oxidation sites excluding steroid dienone is 1. The van der Waals surface area contributed by atoms with Crippen molar-refractivity contribution in [1.29, 1.82) is 0 Å². The summed E-state index contributed by atoms with van der Waals surface area (Å²) in [6.07, 6.45) is 2.74. The molecule has 0 amide bonds. The Balaban J connectivity index is 4.21. The normalized spacial score (nSPS) is 17.0. The van der Waals surface area contributed by atoms with Crippen LogP contribution in [0.4, 0.5) is 0 Å². The van der Waals surface area contributed by atoms with E-state index in [1.807, 2.05) is 0 Å². The number of ketones is 1. The van der Waals surface area contributed by atoms with Crippen LogP contribution in [0.25, 0.3) is 0 Å². The van der Waals surface area contributed by atoms with Crippen molar-refractivity contribution in [2.45, 2.75) is 39.7 Å². The number of aliphatic carboxylic acids is 1. The number of Topliss-reactive ketones (excluding diaryl/α,β-unsaturated/α-hetero) is 1. The molecule has 2 N–H and O–H groups in total. The van der Waals surface area contributed by atoms with Crippen molar-refractivity contribution in [3.05, 3.63) is 12.2 Å². The third-order valence-electron chi connectivity index (χ3n) is 2.50. The Morgan fingerprint density at radius 3 is 2.25 bits per heavy atom. The SMILES string of the molecule is CCC(=O)C(C)C(O)C=CC(C)CC(=O)O. The summed E-state index contributed by atoms with van der Waals surface area (Å²) in [5.74, 6) is -1.44. The number of rotatable bonds is 7. The number of carboxylic acids is 1. The van der Waals surface area contributed by atoms with Gasteiger partial charge in [-0.15, -0.1) is 0 Å². The number of carbonyl (C=O) groups excluding carboxylic acids is 1. The van der Waals surface area contributed by atoms with E-state index >= 15 is 0 Å². The molecule has 0 aliphatic rings. The molecule has 3 unspecified atom stereocenters. The molecular formula is C12H20O4. The lowest BCUT2D eigenvalue weighted by Gasteiger charge is -2.13. The molecule has 0 saturated heterocycles. The highest BCUT2D eigenvalue weighted by atomic mass is 16.4. The zero-order valence-corrected chi connectivity index (χ0v) is 10.0. The van der Waals surface area contributed by atoms with Gasteiger partial charge in [0.1, 0.15) is 5.78 Å². The van der Waals surface area contributed by atoms with E-state index in [9.17, 15) is 14.7 Å². The quantitative estimate of drug-likeness (QED) is 0.649. The maximum Gasteiger partial charge on any atom is 0.303 e. The number of carbonyl (C=O) groups is 2. The molecule has 0 rings (SSSR count). The molecule has 92 valence electrons. The first kappa shape index (κ1) is 14.8. The van der Waals surface area contributed by atoms with E-state index < -0.39 is 18.0 Å². The predicted molar refractivity (Wildman–Crippen MR) is 61.0 cm³/mol. The van der Waals surface area contributed by atoms with Crippen LogP contribution in [0.3, 0.4) is 0 Å². The molecule has 16 heavy (non-hydrogen) atoms. The summed E-state index contributed by atoms with van der Waals surface area (Å²) in [7, 11) is 0. The van der Waals surface area contributed by atoms with Crippen LogP contribution in [0.2, 0.25) is 0 Å². The first-order valence-corrected chi connectivity index (χ1v) is 5.49. The maximum atomic E-state index is 11.3. The van der Waals surface area contributed by atoms with E-state index in [2.05, 4.69) is 0 Å². The van der Waals surface area contributed by atoms with Crippen LogP contribution in [-0.2, 0) is 9.59 Å². The van der Waals surface area contributed by atoms with Crippen molar-refractivity contribution < 1.29 is 19.8 Å². The minimum absolute atomic E-state index is 0.00281. The van der Waals surface area contributed by atoms with Crippen molar-refractivity contribution in [3.8, 4) is 0 Å². The summed E-state index contributed by atoms with van der Waals surface area (Å²) in [6.45, 7) is 5.18. The molecule has 0 aliphatic heterocycles. The van der Waals surface area contributed by atoms with Gasteiger partial charge >= 0.3 is 5.97 Å². The van der Waals surface area contributed by atoms with Gasteiger partial charge in [-0.3, -0.25) is 9.59 Å². The summed E-state index contributed by atoms with van der Waals surface area (Å²) >= 11 is 0. The van der Waals surface area contributed by atoms with E-state index in [0.29, 0.717) is 6.42 Å². The number of aliphatic hydroxyl groups excluding tert-OH is 1. The number of hydrogen-bond donors (Lipinski definition) is 2. The molecule has 0 fully saturated rings. The first-order valence-electron chi connectivity index (χ1n) is 5.49. The number of hydrogen-bond acceptors (Lipinski definition) is 3. The van der Waals surface area contributed by atoms with E-state index in [0.717, 1.165) is 0 Å². The summed E-state index contributed by atoms with van der Waals surface area (Å²) < 4.78 is 0. The summed E-state index contributed by atoms with van der Waals surface area (Å²) in [4.78, 5) is 21.7. The highest BCUT2D eigenvalue weighted by Crippen LogP contribution is 2.11. The zero-order chi connectivity index (χ0) is 12.7. The summed E-state index contributed by atoms with van der Waals surface area (Å²) in [5, 5.41) is 18.2. The van der Waals surface area contributed by atoms with Crippen molar-refractivity contribution >= 4 is 11.8 Å². The highest BCUT2D eigenvalue weighted by molar-refractivity contribution is 5.81. The van der Waals surface area contributed by atoms with E-state index in [1.165, 1.54) is 6.08 Å². The monoisotopic (exact) mass is 228 g/mol. The number of aliphatic hydroxyl groups is 1. The average Bonchev–Trinajstić information content (AvgIpc) is 2.22. The summed E-state index contributed by atoms with van der Waals surface area (Å²) in [6, 6.07) is 0. The Labute approximate surface area is 96.0 Å². The van der Waals surface area contributed by atoms with Crippen LogP contribution in [0.5, 0.6) is 0 Å². The van der Waals surface area contributed by atoms with Gasteiger partial charge < -0.3 is 10.2 Å². The lowest BCUT2D eigenvalue weighted by Crippen LogP contribution is -2.23. The van der Waals surface area contributed by atoms with Gasteiger partial charge in [0.2, 0.25) is 0 Å². The fraction of sp³-hybridized carbons (Fsp3) is 0.667. The van der Waals surface area contributed by atoms with Gasteiger partial charge in [-0.25, -0.2) is 0 Å². The second-order valence-electron chi connectivity index (χ2n) is 4.06. The van der Waals surface area contributed by atoms with Gasteiger partial charge in [0.05, 0.1) is 12.5 Å². The molecule has 4 heteroatoms. The average molecular weight is 228 g/mol. The van der Waals surface area contributed by atoms with Crippen LogP contribution in [0.15, 0.2) is 12.2 Å². The van der Waals surface area contributed by atoms with Gasteiger partial charge in [-0.1, -0.05) is 32.9 Å². The molecule has 4 nitrogen and oxygen atoms in total. The van der Waals surface area contributed by atoms with Crippen molar-refractivity contribution in [3.63, 3.8) is 0 Å². The largest absolute Gasteiger partial charge is 0.481 e. The third kappa shape index (κ3) is 5.66. The lowest BCUT2D eigenvalue weighted by atomic mass is 9.96. The number of carboxylic acid groups (broad SMARTS) is 1. The highest BCUT2D eigenvalue weighted by Gasteiger charge is 2.18. The fourth-order valence-corrected chi connectivity index (χ4v) is 1.33. The van der Waals surface area contributed by atoms with Crippen molar-refractivity contribution in [1.82, 2.24) is 0 Å². The molecule has 3 atom stereocenters. The predicted octanol–water partition coefficient (Wildman–Crippen LogP) is 1.63. The molecule has 0 saturated carbocycles. The summed E-state index contributed by atoms with van der Waals surface area (Å²) in [5.41, 5.74) is 0. The van der Waals surface area contributed by atoms with Crippen LogP contribution in [0, 0.1) is 11.8 Å². The second kappa shape index (κ2) is 7.17. The van der Waals surface area contributed by atoms with Gasteiger partial charge in [-0.05, 0) is 5.92 Å². The second-order valence-corrected chi connectivity index (χ2v) is 4.06. The molecule has 0 spiro atoms. The smallest absolute Gasteiger partial charge is 0.303 e. The molecule has 0 radical (unpaired) electrons. The Kier molecular flexibility index (Phi) is 6.65. The van der Waals surface area contributed by atoms with Crippen LogP contribution < -0.4 is 0 Å².